The van der Waals surface area contributed by atoms with Crippen LogP contribution in [-0.4, -0.2) is 83.9 Å². The number of hydrogen-bond acceptors (Lipinski definition) is 9. The standard InChI is InChI=1S/C35H34Cl3N7O5/c1-49-35-22(17-45-13-11-40-31(47)19-45)14-25(36)28(43-35)20-50-29-7-3-5-24(33(29)38)23-4-2-6-26(32(23)37)42-34(48)27-9-8-21(15-41-27)16-44-12-10-39-30(46)18-44/h2-9,14-15H,10-13,16-20H2,1H3,(H,39,46)(H,40,47)(H,42,48). The van der Waals surface area contributed by atoms with Crippen molar-refractivity contribution in [1.29, 1.82) is 0 Å². The molecule has 2 aromatic carbocycles. The summed E-state index contributed by atoms with van der Waals surface area (Å²) in [6.07, 6.45) is 1.63. The predicted molar refractivity (Wildman–Crippen MR) is 191 cm³/mol. The predicted octanol–water partition coefficient (Wildman–Crippen LogP) is 4.81. The van der Waals surface area contributed by atoms with Crippen LogP contribution in [0.2, 0.25) is 15.1 Å². The molecule has 0 spiro atoms. The molecule has 2 saturated heterocycles. The van der Waals surface area contributed by atoms with Crippen LogP contribution in [0.15, 0.2) is 60.8 Å². The Balaban J connectivity index is 1.13. The number of ether oxygens (including phenoxy) is 2. The fraction of sp³-hybridized carbons (Fsp3) is 0.286. The molecule has 2 aliphatic rings. The summed E-state index contributed by atoms with van der Waals surface area (Å²) in [5.41, 5.74) is 3.89. The number of amides is 3. The summed E-state index contributed by atoms with van der Waals surface area (Å²) in [6, 6.07) is 15.8. The van der Waals surface area contributed by atoms with E-state index in [1.807, 2.05) is 15.9 Å². The summed E-state index contributed by atoms with van der Waals surface area (Å²) in [6.45, 7) is 4.28. The largest absolute Gasteiger partial charge is 0.486 e. The van der Waals surface area contributed by atoms with E-state index in [4.69, 9.17) is 44.3 Å². The molecule has 3 N–H and O–H groups in total. The Morgan fingerprint density at radius 3 is 2.24 bits per heavy atom. The summed E-state index contributed by atoms with van der Waals surface area (Å²) in [7, 11) is 1.53. The lowest BCUT2D eigenvalue weighted by Crippen LogP contribution is -2.47. The van der Waals surface area contributed by atoms with Gasteiger partial charge in [0.25, 0.3) is 5.91 Å². The van der Waals surface area contributed by atoms with E-state index < -0.39 is 5.91 Å². The van der Waals surface area contributed by atoms with Gasteiger partial charge in [-0.1, -0.05) is 65.1 Å². The zero-order valence-electron chi connectivity index (χ0n) is 27.1. The van der Waals surface area contributed by atoms with Crippen LogP contribution < -0.4 is 25.4 Å². The summed E-state index contributed by atoms with van der Waals surface area (Å²) < 4.78 is 11.6. The number of rotatable bonds is 11. The van der Waals surface area contributed by atoms with Crippen molar-refractivity contribution in [1.82, 2.24) is 30.4 Å². The monoisotopic (exact) mass is 737 g/mol. The van der Waals surface area contributed by atoms with E-state index in [2.05, 4.69) is 25.9 Å². The van der Waals surface area contributed by atoms with Crippen LogP contribution in [0.25, 0.3) is 11.1 Å². The summed E-state index contributed by atoms with van der Waals surface area (Å²) in [4.78, 5) is 49.5. The Morgan fingerprint density at radius 2 is 1.58 bits per heavy atom. The van der Waals surface area contributed by atoms with Gasteiger partial charge in [0.2, 0.25) is 17.7 Å². The first-order valence-corrected chi connectivity index (χ1v) is 17.0. The number of carbonyl (C=O) groups is 3. The third kappa shape index (κ3) is 8.45. The Morgan fingerprint density at radius 1 is 0.900 bits per heavy atom. The third-order valence-electron chi connectivity index (χ3n) is 8.24. The molecular weight excluding hydrogens is 705 g/mol. The highest BCUT2D eigenvalue weighted by Crippen LogP contribution is 2.41. The van der Waals surface area contributed by atoms with Gasteiger partial charge in [-0.15, -0.1) is 0 Å². The van der Waals surface area contributed by atoms with E-state index in [-0.39, 0.29) is 35.7 Å². The normalized spacial score (nSPS) is 15.3. The fourth-order valence-corrected chi connectivity index (χ4v) is 6.53. The number of aromatic nitrogens is 2. The number of piperazine rings is 2. The van der Waals surface area contributed by atoms with E-state index in [9.17, 15) is 14.4 Å². The molecule has 15 heteroatoms. The lowest BCUT2D eigenvalue weighted by Gasteiger charge is -2.27. The molecule has 3 amide bonds. The first-order valence-electron chi connectivity index (χ1n) is 15.9. The number of halogens is 3. The van der Waals surface area contributed by atoms with Crippen molar-refractivity contribution in [3.63, 3.8) is 0 Å². The van der Waals surface area contributed by atoms with Crippen LogP contribution in [0.3, 0.4) is 0 Å². The lowest BCUT2D eigenvalue weighted by molar-refractivity contribution is -0.125. The highest BCUT2D eigenvalue weighted by Gasteiger charge is 2.22. The molecule has 2 aromatic heterocycles. The van der Waals surface area contributed by atoms with Gasteiger partial charge in [-0.05, 0) is 29.8 Å². The molecule has 0 unspecified atom stereocenters. The maximum atomic E-state index is 13.1. The van der Waals surface area contributed by atoms with Crippen molar-refractivity contribution in [2.45, 2.75) is 19.7 Å². The number of nitrogens with zero attached hydrogens (tertiary/aromatic N) is 4. The van der Waals surface area contributed by atoms with Crippen LogP contribution in [0.1, 0.15) is 27.3 Å². The Bertz CT molecular complexity index is 1910. The van der Waals surface area contributed by atoms with Gasteiger partial charge in [0.1, 0.15) is 23.7 Å². The van der Waals surface area contributed by atoms with Gasteiger partial charge in [0.05, 0.1) is 41.0 Å². The van der Waals surface area contributed by atoms with E-state index in [0.29, 0.717) is 83.5 Å². The Labute approximate surface area is 304 Å². The second kappa shape index (κ2) is 16.0. The molecule has 2 aliphatic heterocycles. The van der Waals surface area contributed by atoms with Gasteiger partial charge in [0.15, 0.2) is 0 Å². The number of anilines is 1. The minimum Gasteiger partial charge on any atom is -0.486 e. The number of nitrogens with one attached hydrogen (secondary N) is 3. The molecule has 4 aromatic rings. The molecule has 0 aliphatic carbocycles. The van der Waals surface area contributed by atoms with Gasteiger partial charge in [-0.3, -0.25) is 29.2 Å². The van der Waals surface area contributed by atoms with E-state index in [1.54, 1.807) is 54.7 Å². The molecule has 6 rings (SSSR count). The zero-order valence-corrected chi connectivity index (χ0v) is 29.4. The maximum Gasteiger partial charge on any atom is 0.274 e. The maximum absolute atomic E-state index is 13.1. The number of hydrogen-bond donors (Lipinski definition) is 3. The molecule has 2 fully saturated rings. The van der Waals surface area contributed by atoms with Crippen molar-refractivity contribution in [2.75, 3.05) is 51.7 Å². The first-order chi connectivity index (χ1) is 24.2. The molecular formula is C35H34Cl3N7O5. The molecule has 4 heterocycles. The molecule has 0 radical (unpaired) electrons. The molecule has 50 heavy (non-hydrogen) atoms. The number of methoxy groups -OCH3 is 1. The van der Waals surface area contributed by atoms with Gasteiger partial charge < -0.3 is 25.4 Å². The third-order valence-corrected chi connectivity index (χ3v) is 9.36. The van der Waals surface area contributed by atoms with Crippen LogP contribution in [-0.2, 0) is 29.3 Å². The smallest absolute Gasteiger partial charge is 0.274 e. The molecule has 0 bridgehead atoms. The Hall–Kier alpha value is -4.46. The number of benzene rings is 2. The second-order valence-electron chi connectivity index (χ2n) is 11.8. The second-order valence-corrected chi connectivity index (χ2v) is 12.9. The minimum absolute atomic E-state index is 0.00698. The zero-order chi connectivity index (χ0) is 35.2. The van der Waals surface area contributed by atoms with Crippen LogP contribution >= 0.6 is 34.8 Å². The molecule has 0 saturated carbocycles. The summed E-state index contributed by atoms with van der Waals surface area (Å²) >= 11 is 20.3. The highest BCUT2D eigenvalue weighted by atomic mass is 35.5. The topological polar surface area (TPSA) is 138 Å². The first kappa shape index (κ1) is 35.4. The van der Waals surface area contributed by atoms with E-state index in [1.165, 1.54) is 7.11 Å². The lowest BCUT2D eigenvalue weighted by atomic mass is 10.0. The molecule has 12 nitrogen and oxygen atoms in total. The van der Waals surface area contributed by atoms with Crippen LogP contribution in [0.5, 0.6) is 11.6 Å². The number of carbonyl (C=O) groups excluding carboxylic acids is 3. The van der Waals surface area contributed by atoms with Gasteiger partial charge in [-0.25, -0.2) is 4.98 Å². The Kier molecular flexibility index (Phi) is 11.4. The van der Waals surface area contributed by atoms with Crippen LogP contribution in [0, 0.1) is 0 Å². The van der Waals surface area contributed by atoms with Crippen molar-refractivity contribution in [3.05, 3.63) is 98.4 Å². The van der Waals surface area contributed by atoms with Crippen molar-refractivity contribution < 1.29 is 23.9 Å². The van der Waals surface area contributed by atoms with Crippen LogP contribution in [0.4, 0.5) is 5.69 Å². The van der Waals surface area contributed by atoms with Crippen molar-refractivity contribution >= 4 is 58.2 Å². The minimum atomic E-state index is -0.427. The molecule has 260 valence electrons. The van der Waals surface area contributed by atoms with Gasteiger partial charge in [0, 0.05) is 62.2 Å². The summed E-state index contributed by atoms with van der Waals surface area (Å²) in [5.74, 6) is 0.307. The SMILES string of the molecule is COc1nc(COc2cccc(-c3cccc(NC(=O)c4ccc(CN5CCNC(=O)C5)cn4)c3Cl)c2Cl)c(Cl)cc1CN1CCNC(=O)C1. The van der Waals surface area contributed by atoms with Gasteiger partial charge >= 0.3 is 0 Å². The van der Waals surface area contributed by atoms with Crippen molar-refractivity contribution in [2.24, 2.45) is 0 Å². The van der Waals surface area contributed by atoms with E-state index in [0.717, 1.165) is 17.7 Å². The fourth-order valence-electron chi connectivity index (χ4n) is 5.74. The molecule has 0 atom stereocenters. The average molecular weight is 739 g/mol. The van der Waals surface area contributed by atoms with Gasteiger partial charge in [-0.2, -0.15) is 0 Å². The number of pyridine rings is 2. The van der Waals surface area contributed by atoms with Crippen molar-refractivity contribution in [3.8, 4) is 22.8 Å². The van der Waals surface area contributed by atoms with E-state index >= 15 is 0 Å². The summed E-state index contributed by atoms with van der Waals surface area (Å²) in [5, 5.41) is 9.45. The highest BCUT2D eigenvalue weighted by molar-refractivity contribution is 6.39. The quantitative estimate of drug-likeness (QED) is 0.198. The average Bonchev–Trinajstić information content (AvgIpc) is 3.10.